The van der Waals surface area contributed by atoms with Crippen LogP contribution in [0.3, 0.4) is 0 Å². The number of likely N-dealkylation sites (N-methyl/N-ethyl adjacent to an activating group) is 1. The van der Waals surface area contributed by atoms with Crippen LogP contribution in [-0.4, -0.2) is 52.6 Å². The maximum absolute atomic E-state index is 12.9. The first-order chi connectivity index (χ1) is 16.2. The molecule has 1 aromatic heterocycles. The third-order valence-electron chi connectivity index (χ3n) is 4.63. The summed E-state index contributed by atoms with van der Waals surface area (Å²) < 4.78 is 11.5. The second-order valence-corrected chi connectivity index (χ2v) is 8.10. The predicted octanol–water partition coefficient (Wildman–Crippen LogP) is 2.09. The molecule has 2 aromatic rings. The third-order valence-corrected chi connectivity index (χ3v) is 4.81. The number of hydrogen-bond donors (Lipinski definition) is 4. The molecule has 11 nitrogen and oxygen atoms in total. The molecule has 0 saturated heterocycles. The van der Waals surface area contributed by atoms with Gasteiger partial charge in [0.05, 0.1) is 0 Å². The van der Waals surface area contributed by atoms with E-state index in [1.807, 2.05) is 13.8 Å². The molecule has 12 heteroatoms. The number of carbonyl (C=O) groups excluding carboxylic acids is 3. The van der Waals surface area contributed by atoms with E-state index in [0.29, 0.717) is 17.9 Å². The van der Waals surface area contributed by atoms with E-state index < -0.39 is 29.7 Å². The van der Waals surface area contributed by atoms with Crippen LogP contribution in [0.15, 0.2) is 36.5 Å². The lowest BCUT2D eigenvalue weighted by molar-refractivity contribution is -0.136. The van der Waals surface area contributed by atoms with E-state index in [4.69, 9.17) is 26.3 Å². The molecule has 2 atom stereocenters. The third kappa shape index (κ3) is 8.49. The smallest absolute Gasteiger partial charge is 0.245 e. The average molecular weight is 494 g/mol. The normalized spacial score (nSPS) is 12.4. The van der Waals surface area contributed by atoms with Crippen LogP contribution in [0, 0.1) is 11.8 Å². The summed E-state index contributed by atoms with van der Waals surface area (Å²) in [5, 5.41) is 14.0. The van der Waals surface area contributed by atoms with Crippen LogP contribution in [0.1, 0.15) is 26.7 Å². The number of amides is 3. The van der Waals surface area contributed by atoms with Gasteiger partial charge in [-0.25, -0.2) is 10.5 Å². The number of ether oxygens (including phenoxy) is 2. The first-order valence-corrected chi connectivity index (χ1v) is 10.9. The highest BCUT2D eigenvalue weighted by Crippen LogP contribution is 2.30. The van der Waals surface area contributed by atoms with Gasteiger partial charge >= 0.3 is 0 Å². The summed E-state index contributed by atoms with van der Waals surface area (Å²) in [6.45, 7) is 3.59. The number of hydrogen-bond acceptors (Lipinski definition) is 8. The van der Waals surface area contributed by atoms with Gasteiger partial charge in [0.15, 0.2) is 11.5 Å². The van der Waals surface area contributed by atoms with E-state index in [0.717, 1.165) is 0 Å². The fourth-order valence-corrected chi connectivity index (χ4v) is 3.22. The van der Waals surface area contributed by atoms with Gasteiger partial charge in [0.1, 0.15) is 12.6 Å². The van der Waals surface area contributed by atoms with Gasteiger partial charge in [-0.05, 0) is 36.1 Å². The molecule has 0 radical (unpaired) electrons. The second-order valence-electron chi connectivity index (χ2n) is 7.76. The fourth-order valence-electron chi connectivity index (χ4n) is 3.08. The van der Waals surface area contributed by atoms with Gasteiger partial charge in [-0.1, -0.05) is 26.0 Å². The van der Waals surface area contributed by atoms with Crippen molar-refractivity contribution in [2.24, 2.45) is 11.8 Å². The molecule has 34 heavy (non-hydrogen) atoms. The average Bonchev–Trinajstić information content (AvgIpc) is 2.81. The first-order valence-electron chi connectivity index (χ1n) is 10.6. The van der Waals surface area contributed by atoms with Crippen molar-refractivity contribution in [1.82, 2.24) is 26.1 Å². The fraction of sp³-hybridized carbons (Fsp3) is 0.409. The Morgan fingerprint density at radius 2 is 1.82 bits per heavy atom. The minimum atomic E-state index is -1.05. The Kier molecular flexibility index (Phi) is 10.5. The van der Waals surface area contributed by atoms with Crippen LogP contribution in [0.5, 0.6) is 17.4 Å². The second kappa shape index (κ2) is 13.3. The topological polar surface area (TPSA) is 152 Å². The lowest BCUT2D eigenvalue weighted by Crippen LogP contribution is -2.51. The minimum Gasteiger partial charge on any atom is -0.487 e. The number of halogens is 1. The minimum absolute atomic E-state index is 0.0177. The van der Waals surface area contributed by atoms with Crippen LogP contribution >= 0.6 is 11.6 Å². The van der Waals surface area contributed by atoms with Crippen LogP contribution in [0.2, 0.25) is 5.28 Å². The molecule has 0 aliphatic carbocycles. The van der Waals surface area contributed by atoms with E-state index in [2.05, 4.69) is 20.6 Å². The van der Waals surface area contributed by atoms with Gasteiger partial charge in [-0.3, -0.25) is 19.6 Å². The summed E-state index contributed by atoms with van der Waals surface area (Å²) in [5.74, 6) is -1.49. The van der Waals surface area contributed by atoms with Crippen molar-refractivity contribution in [3.05, 3.63) is 41.8 Å². The number of benzene rings is 1. The highest BCUT2D eigenvalue weighted by Gasteiger charge is 2.28. The number of aromatic nitrogens is 2. The molecule has 1 aromatic carbocycles. The molecular weight excluding hydrogens is 466 g/mol. The van der Waals surface area contributed by atoms with E-state index in [1.165, 1.54) is 24.8 Å². The Balaban J connectivity index is 2.13. The SMILES string of the molecule is CNC(=O)[C@H](COc1ccccc1Oc1ccnc(Cl)n1)NC(=O)[C@@H](CC(=O)NO)CC(C)C. The number of carbonyl (C=O) groups is 3. The molecule has 0 aliphatic heterocycles. The van der Waals surface area contributed by atoms with Gasteiger partial charge in [0.2, 0.25) is 28.9 Å². The molecule has 0 saturated carbocycles. The molecule has 0 spiro atoms. The lowest BCUT2D eigenvalue weighted by Gasteiger charge is -2.23. The maximum atomic E-state index is 12.9. The van der Waals surface area contributed by atoms with Crippen LogP contribution in [0.25, 0.3) is 0 Å². The van der Waals surface area contributed by atoms with E-state index in [1.54, 1.807) is 24.3 Å². The largest absolute Gasteiger partial charge is 0.487 e. The summed E-state index contributed by atoms with van der Waals surface area (Å²) in [5.41, 5.74) is 1.53. The quantitative estimate of drug-likeness (QED) is 0.199. The Morgan fingerprint density at radius 3 is 2.44 bits per heavy atom. The van der Waals surface area contributed by atoms with Crippen molar-refractivity contribution in [1.29, 1.82) is 0 Å². The number of nitrogens with one attached hydrogen (secondary N) is 3. The molecule has 0 aliphatic rings. The molecule has 3 amide bonds. The number of para-hydroxylation sites is 2. The van der Waals surface area contributed by atoms with Crippen LogP contribution < -0.4 is 25.6 Å². The Morgan fingerprint density at radius 1 is 1.12 bits per heavy atom. The molecule has 4 N–H and O–H groups in total. The monoisotopic (exact) mass is 493 g/mol. The highest BCUT2D eigenvalue weighted by atomic mass is 35.5. The van der Waals surface area contributed by atoms with Gasteiger partial charge < -0.3 is 20.1 Å². The molecule has 184 valence electrons. The van der Waals surface area contributed by atoms with Crippen molar-refractivity contribution in [2.75, 3.05) is 13.7 Å². The van der Waals surface area contributed by atoms with E-state index >= 15 is 0 Å². The van der Waals surface area contributed by atoms with Gasteiger partial charge in [0.25, 0.3) is 0 Å². The van der Waals surface area contributed by atoms with Gasteiger partial charge in [-0.15, -0.1) is 0 Å². The molecule has 1 heterocycles. The van der Waals surface area contributed by atoms with Crippen LogP contribution in [-0.2, 0) is 14.4 Å². The Hall–Kier alpha value is -3.44. The highest BCUT2D eigenvalue weighted by molar-refractivity contribution is 6.28. The lowest BCUT2D eigenvalue weighted by atomic mass is 9.92. The van der Waals surface area contributed by atoms with Crippen molar-refractivity contribution in [3.8, 4) is 17.4 Å². The summed E-state index contributed by atoms with van der Waals surface area (Å²) in [6, 6.07) is 7.19. The van der Waals surface area contributed by atoms with Crippen molar-refractivity contribution < 1.29 is 29.1 Å². The standard InChI is InChI=1S/C22H28ClN5O6/c1-13(2)10-14(11-18(29)28-32)20(30)26-15(21(31)24-3)12-33-16-6-4-5-7-17(16)34-19-8-9-25-22(23)27-19/h4-9,13-15,32H,10-12H2,1-3H3,(H,24,31)(H,26,30)(H,28,29)/t14-,15+/m1/s1. The first kappa shape index (κ1) is 26.8. The summed E-state index contributed by atoms with van der Waals surface area (Å²) in [4.78, 5) is 44.7. The molecule has 0 unspecified atom stereocenters. The number of nitrogens with zero attached hydrogens (tertiary/aromatic N) is 2. The molecule has 0 fully saturated rings. The summed E-state index contributed by atoms with van der Waals surface area (Å²) in [6.07, 6.45) is 1.61. The van der Waals surface area contributed by atoms with Gasteiger partial charge in [-0.2, -0.15) is 4.98 Å². The number of hydroxylamine groups is 1. The number of rotatable bonds is 12. The Labute approximate surface area is 202 Å². The summed E-state index contributed by atoms with van der Waals surface area (Å²) in [7, 11) is 1.43. The van der Waals surface area contributed by atoms with E-state index in [-0.39, 0.29) is 30.1 Å². The molecule has 0 bridgehead atoms. The zero-order valence-corrected chi connectivity index (χ0v) is 19.8. The van der Waals surface area contributed by atoms with E-state index in [9.17, 15) is 14.4 Å². The maximum Gasteiger partial charge on any atom is 0.245 e. The molecule has 2 rings (SSSR count). The van der Waals surface area contributed by atoms with Gasteiger partial charge in [0, 0.05) is 31.6 Å². The molecular formula is C22H28ClN5O6. The zero-order chi connectivity index (χ0) is 25.1. The summed E-state index contributed by atoms with van der Waals surface area (Å²) >= 11 is 5.79. The zero-order valence-electron chi connectivity index (χ0n) is 19.1. The Bertz CT molecular complexity index is 990. The van der Waals surface area contributed by atoms with Crippen LogP contribution in [0.4, 0.5) is 0 Å². The van der Waals surface area contributed by atoms with Crippen molar-refractivity contribution >= 4 is 29.3 Å². The predicted molar refractivity (Wildman–Crippen MR) is 123 cm³/mol. The van der Waals surface area contributed by atoms with Crippen molar-refractivity contribution in [3.63, 3.8) is 0 Å². The van der Waals surface area contributed by atoms with Crippen molar-refractivity contribution in [2.45, 2.75) is 32.7 Å².